The van der Waals surface area contributed by atoms with Gasteiger partial charge in [0.2, 0.25) is 0 Å². The molecular weight excluding hydrogens is 292 g/mol. The number of pyridine rings is 2. The first kappa shape index (κ1) is 14.8. The Morgan fingerprint density at radius 3 is 2.64 bits per heavy atom. The van der Waals surface area contributed by atoms with Crippen molar-refractivity contribution in [3.63, 3.8) is 0 Å². The van der Waals surface area contributed by atoms with Crippen molar-refractivity contribution in [1.82, 2.24) is 19.9 Å². The SMILES string of the molecule is C[C@@H](c1ccncc1)N(C)Cc1cnc(-c2ccccn2)s1. The average molecular weight is 310 g/mol. The van der Waals surface area contributed by atoms with Crippen LogP contribution in [0, 0.1) is 0 Å². The highest BCUT2D eigenvalue weighted by molar-refractivity contribution is 7.14. The molecule has 0 radical (unpaired) electrons. The van der Waals surface area contributed by atoms with Crippen LogP contribution in [0.25, 0.3) is 10.7 Å². The van der Waals surface area contributed by atoms with Crippen molar-refractivity contribution in [2.45, 2.75) is 19.5 Å². The number of hydrogen-bond acceptors (Lipinski definition) is 5. The molecule has 3 aromatic heterocycles. The standard InChI is InChI=1S/C17H18N4S/c1-13(14-6-9-18-10-7-14)21(2)12-15-11-20-17(22-15)16-5-3-4-8-19-16/h3-11,13H,12H2,1-2H3/t13-/m0/s1. The van der Waals surface area contributed by atoms with Crippen LogP contribution in [-0.2, 0) is 6.54 Å². The molecule has 3 rings (SSSR count). The average Bonchev–Trinajstić information content (AvgIpc) is 3.04. The summed E-state index contributed by atoms with van der Waals surface area (Å²) < 4.78 is 0. The van der Waals surface area contributed by atoms with E-state index in [1.165, 1.54) is 10.4 Å². The molecule has 0 aromatic carbocycles. The topological polar surface area (TPSA) is 41.9 Å². The Kier molecular flexibility index (Phi) is 4.56. The third kappa shape index (κ3) is 3.37. The first-order chi connectivity index (χ1) is 10.7. The Morgan fingerprint density at radius 2 is 1.91 bits per heavy atom. The van der Waals surface area contributed by atoms with E-state index in [4.69, 9.17) is 0 Å². The van der Waals surface area contributed by atoms with Crippen LogP contribution in [0.5, 0.6) is 0 Å². The summed E-state index contributed by atoms with van der Waals surface area (Å²) in [5, 5.41) is 0.973. The van der Waals surface area contributed by atoms with E-state index in [1.807, 2.05) is 36.8 Å². The summed E-state index contributed by atoms with van der Waals surface area (Å²) in [6.45, 7) is 3.07. The molecule has 0 unspecified atom stereocenters. The molecule has 0 aliphatic rings. The lowest BCUT2D eigenvalue weighted by molar-refractivity contribution is 0.255. The number of thiazole rings is 1. The molecule has 0 amide bonds. The number of hydrogen-bond donors (Lipinski definition) is 0. The molecule has 0 N–H and O–H groups in total. The molecule has 0 aliphatic heterocycles. The quantitative estimate of drug-likeness (QED) is 0.719. The Labute approximate surface area is 134 Å². The van der Waals surface area contributed by atoms with Gasteiger partial charge in [-0.05, 0) is 43.8 Å². The Morgan fingerprint density at radius 1 is 1.09 bits per heavy atom. The van der Waals surface area contributed by atoms with E-state index >= 15 is 0 Å². The summed E-state index contributed by atoms with van der Waals surface area (Å²) >= 11 is 1.70. The highest BCUT2D eigenvalue weighted by Crippen LogP contribution is 2.26. The highest BCUT2D eigenvalue weighted by atomic mass is 32.1. The van der Waals surface area contributed by atoms with Gasteiger partial charge in [-0.3, -0.25) is 14.9 Å². The van der Waals surface area contributed by atoms with E-state index in [1.54, 1.807) is 17.5 Å². The van der Waals surface area contributed by atoms with Crippen molar-refractivity contribution in [2.75, 3.05) is 7.05 Å². The minimum atomic E-state index is 0.336. The van der Waals surface area contributed by atoms with E-state index in [2.05, 4.69) is 46.0 Å². The second kappa shape index (κ2) is 6.77. The first-order valence-corrected chi connectivity index (χ1v) is 8.02. The molecule has 0 saturated carbocycles. The van der Waals surface area contributed by atoms with Crippen molar-refractivity contribution in [3.05, 3.63) is 65.6 Å². The van der Waals surface area contributed by atoms with Crippen molar-refractivity contribution >= 4 is 11.3 Å². The Balaban J connectivity index is 1.70. The van der Waals surface area contributed by atoms with Crippen molar-refractivity contribution in [1.29, 1.82) is 0 Å². The third-order valence-electron chi connectivity index (χ3n) is 3.69. The number of aromatic nitrogens is 3. The van der Waals surface area contributed by atoms with Gasteiger partial charge in [0, 0.05) is 42.3 Å². The first-order valence-electron chi connectivity index (χ1n) is 7.20. The summed E-state index contributed by atoms with van der Waals surface area (Å²) in [5.74, 6) is 0. The molecule has 0 aliphatic carbocycles. The van der Waals surface area contributed by atoms with Crippen LogP contribution >= 0.6 is 11.3 Å². The van der Waals surface area contributed by atoms with Gasteiger partial charge in [0.05, 0.1) is 5.69 Å². The highest BCUT2D eigenvalue weighted by Gasteiger charge is 2.14. The van der Waals surface area contributed by atoms with E-state index in [0.717, 1.165) is 17.2 Å². The monoisotopic (exact) mass is 310 g/mol. The largest absolute Gasteiger partial charge is 0.295 e. The van der Waals surface area contributed by atoms with Crippen LogP contribution in [0.15, 0.2) is 55.1 Å². The summed E-state index contributed by atoms with van der Waals surface area (Å²) in [5.41, 5.74) is 2.20. The van der Waals surface area contributed by atoms with Crippen molar-refractivity contribution in [3.8, 4) is 10.7 Å². The second-order valence-electron chi connectivity index (χ2n) is 5.22. The maximum absolute atomic E-state index is 4.49. The molecule has 1 atom stereocenters. The molecule has 4 nitrogen and oxygen atoms in total. The number of rotatable bonds is 5. The zero-order chi connectivity index (χ0) is 15.4. The minimum absolute atomic E-state index is 0.336. The minimum Gasteiger partial charge on any atom is -0.295 e. The van der Waals surface area contributed by atoms with Gasteiger partial charge in [-0.25, -0.2) is 4.98 Å². The molecule has 0 saturated heterocycles. The summed E-state index contributed by atoms with van der Waals surface area (Å²) in [7, 11) is 2.13. The third-order valence-corrected chi connectivity index (χ3v) is 4.70. The van der Waals surface area contributed by atoms with Gasteiger partial charge in [-0.2, -0.15) is 0 Å². The van der Waals surface area contributed by atoms with Crippen molar-refractivity contribution in [2.24, 2.45) is 0 Å². The van der Waals surface area contributed by atoms with E-state index in [9.17, 15) is 0 Å². The van der Waals surface area contributed by atoms with E-state index in [-0.39, 0.29) is 0 Å². The fourth-order valence-electron chi connectivity index (χ4n) is 2.27. The molecular formula is C17H18N4S. The van der Waals surface area contributed by atoms with Gasteiger partial charge in [-0.15, -0.1) is 11.3 Å². The van der Waals surface area contributed by atoms with Gasteiger partial charge in [0.25, 0.3) is 0 Å². The molecule has 5 heteroatoms. The van der Waals surface area contributed by atoms with Gasteiger partial charge >= 0.3 is 0 Å². The summed E-state index contributed by atoms with van der Waals surface area (Å²) in [4.78, 5) is 16.5. The Hall–Kier alpha value is -2.11. The smallest absolute Gasteiger partial charge is 0.142 e. The summed E-state index contributed by atoms with van der Waals surface area (Å²) in [6.07, 6.45) is 7.43. The molecule has 0 bridgehead atoms. The zero-order valence-corrected chi connectivity index (χ0v) is 13.5. The van der Waals surface area contributed by atoms with E-state index in [0.29, 0.717) is 6.04 Å². The Bertz CT molecular complexity index is 712. The van der Waals surface area contributed by atoms with Crippen LogP contribution in [-0.4, -0.2) is 26.9 Å². The lowest BCUT2D eigenvalue weighted by Crippen LogP contribution is -2.21. The maximum Gasteiger partial charge on any atom is 0.142 e. The van der Waals surface area contributed by atoms with Crippen LogP contribution in [0.4, 0.5) is 0 Å². The lowest BCUT2D eigenvalue weighted by Gasteiger charge is -2.24. The van der Waals surface area contributed by atoms with Gasteiger partial charge in [0.15, 0.2) is 0 Å². The predicted molar refractivity (Wildman–Crippen MR) is 89.5 cm³/mol. The van der Waals surface area contributed by atoms with Crippen LogP contribution in [0.2, 0.25) is 0 Å². The van der Waals surface area contributed by atoms with Gasteiger partial charge < -0.3 is 0 Å². The normalized spacial score (nSPS) is 12.5. The lowest BCUT2D eigenvalue weighted by atomic mass is 10.1. The second-order valence-corrected chi connectivity index (χ2v) is 6.33. The molecule has 112 valence electrons. The van der Waals surface area contributed by atoms with Gasteiger partial charge in [0.1, 0.15) is 5.01 Å². The maximum atomic E-state index is 4.49. The number of nitrogens with zero attached hydrogens (tertiary/aromatic N) is 4. The molecule has 0 fully saturated rings. The van der Waals surface area contributed by atoms with Crippen LogP contribution < -0.4 is 0 Å². The van der Waals surface area contributed by atoms with Gasteiger partial charge in [-0.1, -0.05) is 6.07 Å². The molecule has 3 aromatic rings. The van der Waals surface area contributed by atoms with Crippen molar-refractivity contribution < 1.29 is 0 Å². The molecule has 3 heterocycles. The zero-order valence-electron chi connectivity index (χ0n) is 12.7. The summed E-state index contributed by atoms with van der Waals surface area (Å²) in [6, 6.07) is 10.4. The predicted octanol–water partition coefficient (Wildman–Crippen LogP) is 3.79. The van der Waals surface area contributed by atoms with Crippen LogP contribution in [0.3, 0.4) is 0 Å². The molecule has 0 spiro atoms. The fraction of sp³-hybridized carbons (Fsp3) is 0.235. The molecule has 22 heavy (non-hydrogen) atoms. The van der Waals surface area contributed by atoms with Crippen LogP contribution in [0.1, 0.15) is 23.4 Å². The fourth-order valence-corrected chi connectivity index (χ4v) is 3.22. The van der Waals surface area contributed by atoms with E-state index < -0.39 is 0 Å².